The number of hydrogen-bond donors (Lipinski definition) is 3. The van der Waals surface area contributed by atoms with Crippen LogP contribution in [0.4, 0.5) is 0 Å². The van der Waals surface area contributed by atoms with E-state index in [1.165, 1.54) is 231 Å². The van der Waals surface area contributed by atoms with Crippen molar-refractivity contribution in [1.29, 1.82) is 0 Å². The molecule has 102 heavy (non-hydrogen) atoms. The zero-order chi connectivity index (χ0) is 75.3. The Morgan fingerprint density at radius 3 is 0.696 bits per heavy atom. The third-order valence-corrected chi connectivity index (χ3v) is 21.6. The molecular formula is C83H162O17P2. The van der Waals surface area contributed by atoms with Gasteiger partial charge in [0.1, 0.15) is 19.3 Å². The van der Waals surface area contributed by atoms with Crippen molar-refractivity contribution in [2.75, 3.05) is 39.6 Å². The molecule has 0 aliphatic rings. The molecule has 0 saturated carbocycles. The van der Waals surface area contributed by atoms with E-state index in [-0.39, 0.29) is 25.7 Å². The Hall–Kier alpha value is -1.94. The van der Waals surface area contributed by atoms with Crippen molar-refractivity contribution in [3.05, 3.63) is 0 Å². The highest BCUT2D eigenvalue weighted by molar-refractivity contribution is 7.47. The fraction of sp³-hybridized carbons (Fsp3) is 0.952. The summed E-state index contributed by atoms with van der Waals surface area (Å²) in [7, 11) is -9.93. The molecular weight excluding hydrogens is 1330 g/mol. The van der Waals surface area contributed by atoms with Crippen molar-refractivity contribution in [2.24, 2.45) is 23.7 Å². The molecule has 0 saturated heterocycles. The van der Waals surface area contributed by atoms with E-state index in [1.54, 1.807) is 0 Å². The topological polar surface area (TPSA) is 237 Å². The number of esters is 4. The first-order valence-electron chi connectivity index (χ1n) is 42.7. The molecule has 0 spiro atoms. The molecule has 0 heterocycles. The van der Waals surface area contributed by atoms with Crippen LogP contribution in [0.5, 0.6) is 0 Å². The van der Waals surface area contributed by atoms with Gasteiger partial charge >= 0.3 is 39.5 Å². The lowest BCUT2D eigenvalue weighted by atomic mass is 9.99. The normalized spacial score (nSPS) is 14.3. The van der Waals surface area contributed by atoms with Crippen LogP contribution in [-0.2, 0) is 65.4 Å². The summed E-state index contributed by atoms with van der Waals surface area (Å²) in [6.07, 6.45) is 59.5. The quantitative estimate of drug-likeness (QED) is 0.0222. The van der Waals surface area contributed by atoms with Crippen LogP contribution < -0.4 is 0 Å². The molecule has 19 heteroatoms. The summed E-state index contributed by atoms with van der Waals surface area (Å²) in [4.78, 5) is 73.1. The maximum atomic E-state index is 13.1. The fourth-order valence-electron chi connectivity index (χ4n) is 12.8. The Kier molecular flexibility index (Phi) is 70.6. The van der Waals surface area contributed by atoms with Crippen molar-refractivity contribution in [1.82, 2.24) is 0 Å². The first kappa shape index (κ1) is 100. The summed E-state index contributed by atoms with van der Waals surface area (Å²) in [5, 5.41) is 10.7. The third kappa shape index (κ3) is 74.9. The molecule has 0 aromatic heterocycles. The van der Waals surface area contributed by atoms with Gasteiger partial charge in [-0.3, -0.25) is 37.3 Å². The molecule has 0 aromatic carbocycles. The second kappa shape index (κ2) is 72.0. The second-order valence-corrected chi connectivity index (χ2v) is 34.4. The van der Waals surface area contributed by atoms with E-state index < -0.39 is 97.5 Å². The van der Waals surface area contributed by atoms with Crippen molar-refractivity contribution >= 4 is 39.5 Å². The molecule has 606 valence electrons. The average molecular weight is 1490 g/mol. The van der Waals surface area contributed by atoms with Gasteiger partial charge in [0.05, 0.1) is 26.4 Å². The van der Waals surface area contributed by atoms with Crippen molar-refractivity contribution < 1.29 is 80.2 Å². The third-order valence-electron chi connectivity index (χ3n) is 19.7. The van der Waals surface area contributed by atoms with Gasteiger partial charge in [-0.15, -0.1) is 0 Å². The first-order chi connectivity index (χ1) is 49.1. The SMILES string of the molecule is CCC(C)CCCCCCCCCCCCCCCCC(=O)OC[C@H](COP(=O)(O)OC[C@@H](O)COP(=O)(O)OC[C@@H](COC(=O)CCCCCCCCCCCCC(C)C)OC(=O)CCCCCCCCCCCCC(C)C)OC(=O)CCCCCCCCCCCCCCCCCC(C)C. The number of phosphoric acid groups is 2. The Bertz CT molecular complexity index is 1990. The number of rotatable bonds is 80. The summed E-state index contributed by atoms with van der Waals surface area (Å²) in [5.74, 6) is 1.05. The molecule has 17 nitrogen and oxygen atoms in total. The van der Waals surface area contributed by atoms with Gasteiger partial charge in [-0.2, -0.15) is 0 Å². The van der Waals surface area contributed by atoms with Gasteiger partial charge in [0.25, 0.3) is 0 Å². The number of carbonyl (C=O) groups excluding carboxylic acids is 4. The van der Waals surface area contributed by atoms with E-state index >= 15 is 0 Å². The van der Waals surface area contributed by atoms with Crippen LogP contribution in [0.3, 0.4) is 0 Å². The van der Waals surface area contributed by atoms with Crippen LogP contribution >= 0.6 is 15.6 Å². The smallest absolute Gasteiger partial charge is 0.462 e. The molecule has 0 aliphatic carbocycles. The summed E-state index contributed by atoms with van der Waals surface area (Å²) < 4.78 is 68.8. The lowest BCUT2D eigenvalue weighted by Crippen LogP contribution is -2.30. The number of unbranched alkanes of at least 4 members (excludes halogenated alkanes) is 45. The number of hydrogen-bond acceptors (Lipinski definition) is 15. The number of ether oxygens (including phenoxy) is 4. The number of aliphatic hydroxyl groups is 1. The summed E-state index contributed by atoms with van der Waals surface area (Å²) in [6, 6.07) is 0. The minimum absolute atomic E-state index is 0.106. The summed E-state index contributed by atoms with van der Waals surface area (Å²) >= 11 is 0. The van der Waals surface area contributed by atoms with E-state index in [1.807, 2.05) is 0 Å². The second-order valence-electron chi connectivity index (χ2n) is 31.5. The molecule has 0 amide bonds. The van der Waals surface area contributed by atoms with Gasteiger partial charge < -0.3 is 33.8 Å². The zero-order valence-corrected chi connectivity index (χ0v) is 69.0. The predicted octanol–water partition coefficient (Wildman–Crippen LogP) is 24.8. The van der Waals surface area contributed by atoms with E-state index in [0.29, 0.717) is 25.7 Å². The molecule has 0 fully saturated rings. The molecule has 0 radical (unpaired) electrons. The highest BCUT2D eigenvalue weighted by atomic mass is 31.2. The highest BCUT2D eigenvalue weighted by Gasteiger charge is 2.30. The van der Waals surface area contributed by atoms with Crippen LogP contribution in [0, 0.1) is 23.7 Å². The van der Waals surface area contributed by atoms with Crippen molar-refractivity contribution in [3.63, 3.8) is 0 Å². The van der Waals surface area contributed by atoms with Crippen LogP contribution in [0.2, 0.25) is 0 Å². The van der Waals surface area contributed by atoms with E-state index in [9.17, 15) is 43.2 Å². The predicted molar refractivity (Wildman–Crippen MR) is 418 cm³/mol. The van der Waals surface area contributed by atoms with Crippen molar-refractivity contribution in [2.45, 2.75) is 446 Å². The lowest BCUT2D eigenvalue weighted by molar-refractivity contribution is -0.161. The Labute approximate surface area is 626 Å². The van der Waals surface area contributed by atoms with Gasteiger partial charge in [-0.05, 0) is 49.4 Å². The number of aliphatic hydroxyl groups excluding tert-OH is 1. The Balaban J connectivity index is 5.27. The summed E-state index contributed by atoms with van der Waals surface area (Å²) in [5.41, 5.74) is 0. The molecule has 0 aromatic rings. The van der Waals surface area contributed by atoms with Crippen LogP contribution in [0.1, 0.15) is 428 Å². The summed E-state index contributed by atoms with van der Waals surface area (Å²) in [6.45, 7) is 14.3. The maximum absolute atomic E-state index is 13.1. The lowest BCUT2D eigenvalue weighted by Gasteiger charge is -2.21. The molecule has 3 N–H and O–H groups in total. The number of phosphoric ester groups is 2. The Morgan fingerprint density at radius 1 is 0.275 bits per heavy atom. The van der Waals surface area contributed by atoms with E-state index in [4.69, 9.17) is 37.0 Å². The first-order valence-corrected chi connectivity index (χ1v) is 45.7. The molecule has 0 aliphatic heterocycles. The largest absolute Gasteiger partial charge is 0.472 e. The van der Waals surface area contributed by atoms with E-state index in [2.05, 4.69) is 55.4 Å². The van der Waals surface area contributed by atoms with Gasteiger partial charge in [-0.1, -0.05) is 376 Å². The monoisotopic (exact) mass is 1490 g/mol. The van der Waals surface area contributed by atoms with Gasteiger partial charge in [0.15, 0.2) is 12.2 Å². The molecule has 6 atom stereocenters. The standard InChI is InChI=1S/C83H162O17P2/c1-9-76(8)62-54-46-38-30-20-16-13-14-17-21-31-39-47-55-63-80(85)93-69-78(99-82(87)65-57-49-41-33-22-18-12-10-11-15-19-27-35-43-51-59-73(2)3)71-97-101(89,90)95-67-77(84)68-96-102(91,92)98-72-79(100-83(88)66-58-50-42-34-26-24-29-37-45-53-61-75(6)7)70-94-81(86)64-56-48-40-32-25-23-28-36-44-52-60-74(4)5/h73-79,84H,9-72H2,1-8H3,(H,89,90)(H,91,92)/t76?,77-,78-,79-/m1/s1. The van der Waals surface area contributed by atoms with Crippen LogP contribution in [0.25, 0.3) is 0 Å². The Morgan fingerprint density at radius 2 is 0.471 bits per heavy atom. The minimum atomic E-state index is -4.96. The fourth-order valence-corrected chi connectivity index (χ4v) is 14.3. The zero-order valence-electron chi connectivity index (χ0n) is 67.2. The highest BCUT2D eigenvalue weighted by Crippen LogP contribution is 2.45. The van der Waals surface area contributed by atoms with Gasteiger partial charge in [0, 0.05) is 25.7 Å². The van der Waals surface area contributed by atoms with Crippen molar-refractivity contribution in [3.8, 4) is 0 Å². The van der Waals surface area contributed by atoms with Crippen LogP contribution in [-0.4, -0.2) is 96.7 Å². The maximum Gasteiger partial charge on any atom is 0.472 e. The molecule has 0 rings (SSSR count). The molecule has 3 unspecified atom stereocenters. The van der Waals surface area contributed by atoms with E-state index in [0.717, 1.165) is 114 Å². The van der Waals surface area contributed by atoms with Gasteiger partial charge in [0.2, 0.25) is 0 Å². The van der Waals surface area contributed by atoms with Gasteiger partial charge in [-0.25, -0.2) is 9.13 Å². The minimum Gasteiger partial charge on any atom is -0.462 e. The average Bonchev–Trinajstić information content (AvgIpc) is 0.913. The molecule has 0 bridgehead atoms. The van der Waals surface area contributed by atoms with Crippen LogP contribution in [0.15, 0.2) is 0 Å². The number of carbonyl (C=O) groups is 4.